The van der Waals surface area contributed by atoms with Gasteiger partial charge in [-0.2, -0.15) is 0 Å². The maximum absolute atomic E-state index is 11.3. The van der Waals surface area contributed by atoms with E-state index in [0.29, 0.717) is 12.3 Å². The van der Waals surface area contributed by atoms with E-state index in [1.807, 2.05) is 31.5 Å². The molecule has 0 fully saturated rings. The Kier molecular flexibility index (Phi) is 5.01. The average Bonchev–Trinajstić information content (AvgIpc) is 3.07. The topological polar surface area (TPSA) is 58.6 Å². The van der Waals surface area contributed by atoms with E-state index < -0.39 is 0 Å². The number of hydrogen-bond donors (Lipinski definition) is 1. The van der Waals surface area contributed by atoms with Gasteiger partial charge in [-0.25, -0.2) is 0 Å². The third-order valence-electron chi connectivity index (χ3n) is 5.19. The van der Waals surface area contributed by atoms with E-state index in [2.05, 4.69) is 59.1 Å². The zero-order valence-electron chi connectivity index (χ0n) is 17.3. The summed E-state index contributed by atoms with van der Waals surface area (Å²) in [4.78, 5) is 23.7. The number of aromatic amines is 1. The van der Waals surface area contributed by atoms with Crippen LogP contribution in [0, 0.1) is 6.92 Å². The fourth-order valence-electron chi connectivity index (χ4n) is 3.88. The molecule has 4 aromatic rings. The van der Waals surface area contributed by atoms with E-state index in [4.69, 9.17) is 0 Å². The van der Waals surface area contributed by atoms with Crippen LogP contribution in [-0.2, 0) is 11.2 Å². The number of aromatic nitrogens is 3. The molecule has 4 nitrogen and oxygen atoms in total. The first-order valence-corrected chi connectivity index (χ1v) is 9.95. The fourth-order valence-corrected chi connectivity index (χ4v) is 3.88. The Morgan fingerprint density at radius 1 is 1.00 bits per heavy atom. The second-order valence-electron chi connectivity index (χ2n) is 7.93. The van der Waals surface area contributed by atoms with E-state index in [1.165, 1.54) is 10.9 Å². The lowest BCUT2D eigenvalue weighted by atomic mass is 9.94. The first-order chi connectivity index (χ1) is 13.9. The Balaban J connectivity index is 1.81. The Labute approximate surface area is 171 Å². The van der Waals surface area contributed by atoms with Gasteiger partial charge >= 0.3 is 0 Å². The number of benzene rings is 1. The number of H-pyrrole nitrogens is 1. The number of carbonyl (C=O) groups is 1. The summed E-state index contributed by atoms with van der Waals surface area (Å²) in [6, 6.07) is 14.6. The zero-order valence-corrected chi connectivity index (χ0v) is 17.3. The summed E-state index contributed by atoms with van der Waals surface area (Å²) in [5, 5.41) is 1.23. The number of nitrogens with zero attached hydrogens (tertiary/aromatic N) is 2. The molecule has 0 saturated heterocycles. The van der Waals surface area contributed by atoms with E-state index in [-0.39, 0.29) is 5.78 Å². The maximum atomic E-state index is 11.3. The number of hydrogen-bond acceptors (Lipinski definition) is 3. The number of rotatable bonds is 5. The van der Waals surface area contributed by atoms with Gasteiger partial charge < -0.3 is 4.98 Å². The SMILES string of the molecule is CC(=O)Cc1ccc(-c2ccc3[nH]c(-c4ccnc(C)c4)c(C(C)C)c3c2)cn1. The molecular weight excluding hydrogens is 358 g/mol. The van der Waals surface area contributed by atoms with Gasteiger partial charge in [-0.1, -0.05) is 26.0 Å². The predicted molar refractivity (Wildman–Crippen MR) is 118 cm³/mol. The number of ketones is 1. The molecule has 1 aromatic carbocycles. The number of pyridine rings is 2. The first kappa shape index (κ1) is 19.1. The normalized spacial score (nSPS) is 11.3. The van der Waals surface area contributed by atoms with Crippen LogP contribution in [0.1, 0.15) is 43.6 Å². The Hall–Kier alpha value is -3.27. The quantitative estimate of drug-likeness (QED) is 0.470. The first-order valence-electron chi connectivity index (χ1n) is 9.95. The van der Waals surface area contributed by atoms with Crippen LogP contribution in [0.2, 0.25) is 0 Å². The van der Waals surface area contributed by atoms with Gasteiger partial charge in [0.15, 0.2) is 0 Å². The highest BCUT2D eigenvalue weighted by molar-refractivity contribution is 5.94. The Morgan fingerprint density at radius 2 is 1.79 bits per heavy atom. The molecule has 0 aliphatic heterocycles. The molecule has 0 radical (unpaired) electrons. The molecule has 4 rings (SSSR count). The molecule has 0 unspecified atom stereocenters. The molecule has 3 heterocycles. The molecule has 4 heteroatoms. The number of carbonyl (C=O) groups excluding carboxylic acids is 1. The van der Waals surface area contributed by atoms with Crippen LogP contribution in [0.25, 0.3) is 33.3 Å². The monoisotopic (exact) mass is 383 g/mol. The van der Waals surface area contributed by atoms with Crippen molar-refractivity contribution in [1.29, 1.82) is 0 Å². The van der Waals surface area contributed by atoms with Gasteiger partial charge in [0, 0.05) is 52.2 Å². The van der Waals surface area contributed by atoms with Crippen LogP contribution >= 0.6 is 0 Å². The summed E-state index contributed by atoms with van der Waals surface area (Å²) in [6.07, 6.45) is 4.09. The van der Waals surface area contributed by atoms with Crippen LogP contribution in [0.15, 0.2) is 54.9 Å². The Morgan fingerprint density at radius 3 is 2.45 bits per heavy atom. The summed E-state index contributed by atoms with van der Waals surface area (Å²) in [7, 11) is 0. The van der Waals surface area contributed by atoms with Gasteiger partial charge in [0.05, 0.1) is 5.69 Å². The molecule has 0 bridgehead atoms. The summed E-state index contributed by atoms with van der Waals surface area (Å²) in [5.41, 5.74) is 8.75. The number of nitrogens with one attached hydrogen (secondary N) is 1. The maximum Gasteiger partial charge on any atom is 0.135 e. The van der Waals surface area contributed by atoms with E-state index in [9.17, 15) is 4.79 Å². The van der Waals surface area contributed by atoms with E-state index in [1.54, 1.807) is 6.92 Å². The highest BCUT2D eigenvalue weighted by Crippen LogP contribution is 2.37. The lowest BCUT2D eigenvalue weighted by Crippen LogP contribution is -1.98. The van der Waals surface area contributed by atoms with Crippen molar-refractivity contribution in [2.24, 2.45) is 0 Å². The number of Topliss-reactive ketones (excluding diaryl/α,β-unsaturated/α-hetero) is 1. The fraction of sp³-hybridized carbons (Fsp3) is 0.240. The lowest BCUT2D eigenvalue weighted by Gasteiger charge is -2.10. The van der Waals surface area contributed by atoms with Crippen LogP contribution in [0.3, 0.4) is 0 Å². The highest BCUT2D eigenvalue weighted by Gasteiger charge is 2.17. The van der Waals surface area contributed by atoms with Crippen LogP contribution in [0.4, 0.5) is 0 Å². The highest BCUT2D eigenvalue weighted by atomic mass is 16.1. The molecule has 146 valence electrons. The number of aryl methyl sites for hydroxylation is 1. The second kappa shape index (κ2) is 7.63. The van der Waals surface area contributed by atoms with Crippen molar-refractivity contribution >= 4 is 16.7 Å². The smallest absolute Gasteiger partial charge is 0.135 e. The molecule has 0 atom stereocenters. The Bertz CT molecular complexity index is 1190. The second-order valence-corrected chi connectivity index (χ2v) is 7.93. The molecule has 1 N–H and O–H groups in total. The van der Waals surface area contributed by atoms with Crippen molar-refractivity contribution in [3.8, 4) is 22.4 Å². The van der Waals surface area contributed by atoms with Crippen molar-refractivity contribution in [2.45, 2.75) is 40.0 Å². The summed E-state index contributed by atoms with van der Waals surface area (Å²) < 4.78 is 0. The van der Waals surface area contributed by atoms with E-state index >= 15 is 0 Å². The minimum Gasteiger partial charge on any atom is -0.354 e. The van der Waals surface area contributed by atoms with Crippen molar-refractivity contribution in [3.63, 3.8) is 0 Å². The van der Waals surface area contributed by atoms with Crippen LogP contribution in [0.5, 0.6) is 0 Å². The third-order valence-corrected chi connectivity index (χ3v) is 5.19. The van der Waals surface area contributed by atoms with Crippen molar-refractivity contribution in [1.82, 2.24) is 15.0 Å². The molecular formula is C25H25N3O. The molecule has 0 aliphatic carbocycles. The van der Waals surface area contributed by atoms with Gasteiger partial charge in [0.25, 0.3) is 0 Å². The minimum atomic E-state index is 0.124. The average molecular weight is 383 g/mol. The molecule has 0 spiro atoms. The van der Waals surface area contributed by atoms with Crippen LogP contribution < -0.4 is 0 Å². The molecule has 29 heavy (non-hydrogen) atoms. The van der Waals surface area contributed by atoms with Crippen molar-refractivity contribution in [3.05, 3.63) is 71.8 Å². The van der Waals surface area contributed by atoms with Gasteiger partial charge in [-0.05, 0) is 61.2 Å². The summed E-state index contributed by atoms with van der Waals surface area (Å²) in [5.74, 6) is 0.498. The van der Waals surface area contributed by atoms with Crippen molar-refractivity contribution in [2.75, 3.05) is 0 Å². The van der Waals surface area contributed by atoms with Gasteiger partial charge in [0.1, 0.15) is 5.78 Å². The summed E-state index contributed by atoms with van der Waals surface area (Å²) in [6.45, 7) is 8.06. The summed E-state index contributed by atoms with van der Waals surface area (Å²) >= 11 is 0. The molecule has 0 aliphatic rings. The molecule has 0 amide bonds. The standard InChI is InChI=1S/C25H25N3O/c1-15(2)24-22-13-18(20-5-7-21(27-14-20)12-17(4)29)6-8-23(22)28-25(24)19-9-10-26-16(3)11-19/h5-11,13-15,28H,12H2,1-4H3. The molecule has 0 saturated carbocycles. The van der Waals surface area contributed by atoms with Crippen molar-refractivity contribution < 1.29 is 4.79 Å². The van der Waals surface area contributed by atoms with Gasteiger partial charge in [-0.15, -0.1) is 0 Å². The lowest BCUT2D eigenvalue weighted by molar-refractivity contribution is -0.116. The molecule has 3 aromatic heterocycles. The zero-order chi connectivity index (χ0) is 20.5. The van der Waals surface area contributed by atoms with E-state index in [0.717, 1.165) is 39.3 Å². The van der Waals surface area contributed by atoms with Gasteiger partial charge in [0.2, 0.25) is 0 Å². The minimum absolute atomic E-state index is 0.124. The predicted octanol–water partition coefficient (Wildman–Crippen LogP) is 5.86. The van der Waals surface area contributed by atoms with Crippen LogP contribution in [-0.4, -0.2) is 20.7 Å². The number of fused-ring (bicyclic) bond motifs is 1. The van der Waals surface area contributed by atoms with Gasteiger partial charge in [-0.3, -0.25) is 14.8 Å². The third kappa shape index (κ3) is 3.83. The largest absolute Gasteiger partial charge is 0.354 e.